The van der Waals surface area contributed by atoms with Gasteiger partial charge in [-0.2, -0.15) is 0 Å². The fourth-order valence-electron chi connectivity index (χ4n) is 2.35. The molecule has 3 aromatic rings. The molecular weight excluding hydrogens is 274 g/mol. The standard InChI is InChI=1S/C13H13N5O3/c19-12(20)9-3-1-4-10-11(9)18(13(21)15-10)7-2-6-17-8-5-14-16-17/h1,3-5,8H,2,6-7H2,(H,15,21)(H,19,20). The highest BCUT2D eigenvalue weighted by Gasteiger charge is 2.15. The molecule has 3 rings (SSSR count). The Kier molecular flexibility index (Phi) is 3.27. The average Bonchev–Trinajstić information content (AvgIpc) is 3.06. The normalized spacial score (nSPS) is 11.0. The van der Waals surface area contributed by atoms with Crippen LogP contribution in [0, 0.1) is 0 Å². The predicted molar refractivity (Wildman–Crippen MR) is 74.2 cm³/mol. The Morgan fingerprint density at radius 3 is 2.90 bits per heavy atom. The number of H-pyrrole nitrogens is 1. The summed E-state index contributed by atoms with van der Waals surface area (Å²) < 4.78 is 3.12. The summed E-state index contributed by atoms with van der Waals surface area (Å²) in [6.07, 6.45) is 3.96. The quantitative estimate of drug-likeness (QED) is 0.719. The molecule has 0 saturated heterocycles. The fraction of sp³-hybridized carbons (Fsp3) is 0.231. The molecule has 2 aromatic heterocycles. The number of aryl methyl sites for hydroxylation is 2. The van der Waals surface area contributed by atoms with Crippen LogP contribution in [0.5, 0.6) is 0 Å². The predicted octanol–water partition coefficient (Wildman–Crippen LogP) is 0.710. The number of nitrogens with zero attached hydrogens (tertiary/aromatic N) is 4. The first-order valence-electron chi connectivity index (χ1n) is 6.46. The minimum atomic E-state index is -1.05. The molecule has 0 fully saturated rings. The number of aromatic carboxylic acids is 1. The number of para-hydroxylation sites is 1. The first kappa shape index (κ1) is 13.1. The van der Waals surface area contributed by atoms with Crippen LogP contribution >= 0.6 is 0 Å². The highest BCUT2D eigenvalue weighted by Crippen LogP contribution is 2.16. The number of aromatic amines is 1. The SMILES string of the molecule is O=C(O)c1cccc2[nH]c(=O)n(CCCn3ccnn3)c12. The minimum absolute atomic E-state index is 0.117. The smallest absolute Gasteiger partial charge is 0.337 e. The Balaban J connectivity index is 1.92. The van der Waals surface area contributed by atoms with Gasteiger partial charge in [0.2, 0.25) is 0 Å². The van der Waals surface area contributed by atoms with Crippen molar-refractivity contribution in [3.05, 3.63) is 46.6 Å². The lowest BCUT2D eigenvalue weighted by atomic mass is 10.2. The second-order valence-corrected chi connectivity index (χ2v) is 4.61. The molecule has 0 aliphatic carbocycles. The van der Waals surface area contributed by atoms with Crippen LogP contribution in [0.1, 0.15) is 16.8 Å². The number of carboxylic acid groups (broad SMARTS) is 1. The Morgan fingerprint density at radius 2 is 2.19 bits per heavy atom. The van der Waals surface area contributed by atoms with Gasteiger partial charge in [0, 0.05) is 19.3 Å². The molecule has 0 saturated carbocycles. The van der Waals surface area contributed by atoms with Gasteiger partial charge in [0.05, 0.1) is 22.8 Å². The number of carbonyl (C=O) groups is 1. The Labute approximate surface area is 118 Å². The summed E-state index contributed by atoms with van der Waals surface area (Å²) in [5, 5.41) is 16.8. The van der Waals surface area contributed by atoms with Gasteiger partial charge in [-0.3, -0.25) is 9.25 Å². The first-order chi connectivity index (χ1) is 10.2. The summed E-state index contributed by atoms with van der Waals surface area (Å²) in [7, 11) is 0. The molecule has 0 aliphatic heterocycles. The van der Waals surface area contributed by atoms with Crippen LogP contribution in [-0.2, 0) is 13.1 Å². The summed E-state index contributed by atoms with van der Waals surface area (Å²) in [4.78, 5) is 25.9. The van der Waals surface area contributed by atoms with E-state index in [1.807, 2.05) is 0 Å². The molecule has 0 spiro atoms. The van der Waals surface area contributed by atoms with E-state index in [9.17, 15) is 14.7 Å². The minimum Gasteiger partial charge on any atom is -0.478 e. The summed E-state index contributed by atoms with van der Waals surface area (Å²) >= 11 is 0. The number of fused-ring (bicyclic) bond motifs is 1. The number of rotatable bonds is 5. The van der Waals surface area contributed by atoms with E-state index in [2.05, 4.69) is 15.3 Å². The van der Waals surface area contributed by atoms with Crippen LogP contribution in [0.4, 0.5) is 0 Å². The van der Waals surface area contributed by atoms with Gasteiger partial charge in [0.1, 0.15) is 0 Å². The van der Waals surface area contributed by atoms with E-state index in [-0.39, 0.29) is 11.3 Å². The van der Waals surface area contributed by atoms with Gasteiger partial charge in [0.25, 0.3) is 0 Å². The van der Waals surface area contributed by atoms with E-state index >= 15 is 0 Å². The zero-order valence-corrected chi connectivity index (χ0v) is 11.1. The molecule has 1 aromatic carbocycles. The van der Waals surface area contributed by atoms with E-state index < -0.39 is 5.97 Å². The van der Waals surface area contributed by atoms with Crippen molar-refractivity contribution >= 4 is 17.0 Å². The molecule has 0 atom stereocenters. The van der Waals surface area contributed by atoms with Crippen LogP contribution in [0.2, 0.25) is 0 Å². The summed E-state index contributed by atoms with van der Waals surface area (Å²) in [5.74, 6) is -1.05. The van der Waals surface area contributed by atoms with Crippen LogP contribution < -0.4 is 5.69 Å². The summed E-state index contributed by atoms with van der Waals surface area (Å²) in [6.45, 7) is 1.01. The topological polar surface area (TPSA) is 106 Å². The zero-order valence-electron chi connectivity index (χ0n) is 11.1. The zero-order chi connectivity index (χ0) is 14.8. The Hall–Kier alpha value is -2.90. The molecule has 0 unspecified atom stereocenters. The molecular formula is C13H13N5O3. The molecule has 2 heterocycles. The summed E-state index contributed by atoms with van der Waals surface area (Å²) in [5.41, 5.74) is 0.762. The number of aromatic nitrogens is 5. The van der Waals surface area contributed by atoms with Crippen molar-refractivity contribution < 1.29 is 9.90 Å². The van der Waals surface area contributed by atoms with Crippen LogP contribution in [-0.4, -0.2) is 35.6 Å². The molecule has 0 amide bonds. The molecule has 21 heavy (non-hydrogen) atoms. The van der Waals surface area contributed by atoms with Gasteiger partial charge >= 0.3 is 11.7 Å². The van der Waals surface area contributed by atoms with E-state index in [0.717, 1.165) is 0 Å². The lowest BCUT2D eigenvalue weighted by molar-refractivity contribution is 0.0698. The Morgan fingerprint density at radius 1 is 1.33 bits per heavy atom. The molecule has 2 N–H and O–H groups in total. The highest BCUT2D eigenvalue weighted by atomic mass is 16.4. The molecule has 0 bridgehead atoms. The maximum atomic E-state index is 12.0. The number of hydrogen-bond donors (Lipinski definition) is 2. The van der Waals surface area contributed by atoms with Crippen molar-refractivity contribution in [3.8, 4) is 0 Å². The second kappa shape index (κ2) is 5.23. The maximum absolute atomic E-state index is 12.0. The largest absolute Gasteiger partial charge is 0.478 e. The molecule has 0 radical (unpaired) electrons. The van der Waals surface area contributed by atoms with E-state index in [1.165, 1.54) is 10.6 Å². The molecule has 108 valence electrons. The Bertz CT molecular complexity index is 831. The first-order valence-corrected chi connectivity index (χ1v) is 6.46. The fourth-order valence-corrected chi connectivity index (χ4v) is 2.35. The number of carboxylic acids is 1. The van der Waals surface area contributed by atoms with Crippen molar-refractivity contribution in [2.45, 2.75) is 19.5 Å². The number of benzene rings is 1. The van der Waals surface area contributed by atoms with Gasteiger partial charge in [-0.05, 0) is 18.6 Å². The molecule has 0 aliphatic rings. The van der Waals surface area contributed by atoms with Crippen LogP contribution in [0.15, 0.2) is 35.4 Å². The second-order valence-electron chi connectivity index (χ2n) is 4.61. The van der Waals surface area contributed by atoms with Crippen LogP contribution in [0.25, 0.3) is 11.0 Å². The third-order valence-electron chi connectivity index (χ3n) is 3.26. The van der Waals surface area contributed by atoms with Gasteiger partial charge in [-0.1, -0.05) is 11.3 Å². The number of imidazole rings is 1. The lowest BCUT2D eigenvalue weighted by Gasteiger charge is -2.05. The number of hydrogen-bond acceptors (Lipinski definition) is 4. The van der Waals surface area contributed by atoms with Gasteiger partial charge in [0.15, 0.2) is 0 Å². The third-order valence-corrected chi connectivity index (χ3v) is 3.26. The average molecular weight is 287 g/mol. The summed E-state index contributed by atoms with van der Waals surface area (Å²) in [6, 6.07) is 4.80. The monoisotopic (exact) mass is 287 g/mol. The number of nitrogens with one attached hydrogen (secondary N) is 1. The van der Waals surface area contributed by atoms with Crippen molar-refractivity contribution in [2.75, 3.05) is 0 Å². The maximum Gasteiger partial charge on any atom is 0.337 e. The highest BCUT2D eigenvalue weighted by molar-refractivity contribution is 6.01. The van der Waals surface area contributed by atoms with Gasteiger partial charge in [-0.15, -0.1) is 5.10 Å². The van der Waals surface area contributed by atoms with E-state index in [0.29, 0.717) is 30.5 Å². The van der Waals surface area contributed by atoms with E-state index in [4.69, 9.17) is 0 Å². The van der Waals surface area contributed by atoms with Crippen molar-refractivity contribution in [3.63, 3.8) is 0 Å². The van der Waals surface area contributed by atoms with Gasteiger partial charge < -0.3 is 10.1 Å². The van der Waals surface area contributed by atoms with Crippen molar-refractivity contribution in [2.24, 2.45) is 0 Å². The molecule has 8 heteroatoms. The third kappa shape index (κ3) is 2.42. The van der Waals surface area contributed by atoms with Crippen molar-refractivity contribution in [1.29, 1.82) is 0 Å². The van der Waals surface area contributed by atoms with Gasteiger partial charge in [-0.25, -0.2) is 9.59 Å². The van der Waals surface area contributed by atoms with Crippen molar-refractivity contribution in [1.82, 2.24) is 24.5 Å². The molecule has 8 nitrogen and oxygen atoms in total. The van der Waals surface area contributed by atoms with E-state index in [1.54, 1.807) is 29.2 Å². The lowest BCUT2D eigenvalue weighted by Crippen LogP contribution is -2.19. The van der Waals surface area contributed by atoms with Crippen LogP contribution in [0.3, 0.4) is 0 Å².